The van der Waals surface area contributed by atoms with Crippen LogP contribution >= 0.6 is 11.6 Å². The number of nitrogens with zero attached hydrogens (tertiary/aromatic N) is 3. The van der Waals surface area contributed by atoms with E-state index < -0.39 is 21.7 Å². The number of hydrogen-bond donors (Lipinski definition) is 1. The van der Waals surface area contributed by atoms with Gasteiger partial charge in [-0.15, -0.1) is 4.36 Å². The highest BCUT2D eigenvalue weighted by atomic mass is 35.5. The van der Waals surface area contributed by atoms with Crippen molar-refractivity contribution in [3.63, 3.8) is 0 Å². The van der Waals surface area contributed by atoms with Crippen molar-refractivity contribution in [3.05, 3.63) is 93.8 Å². The molecule has 13 heteroatoms. The van der Waals surface area contributed by atoms with Crippen LogP contribution in [-0.2, 0) is 49.1 Å². The molecule has 6 atom stereocenters. The molecule has 296 valence electrons. The predicted octanol–water partition coefficient (Wildman–Crippen LogP) is 7.00. The molecule has 2 aliphatic carbocycles. The zero-order chi connectivity index (χ0) is 38.7. The summed E-state index contributed by atoms with van der Waals surface area (Å²) < 4.78 is 47.0. The van der Waals surface area contributed by atoms with Gasteiger partial charge in [-0.05, 0) is 104 Å². The van der Waals surface area contributed by atoms with Gasteiger partial charge >= 0.3 is 0 Å². The fourth-order valence-corrected chi connectivity index (χ4v) is 11.0. The quantitative estimate of drug-likeness (QED) is 0.243. The van der Waals surface area contributed by atoms with Crippen molar-refractivity contribution >= 4 is 39.0 Å². The monoisotopic (exact) mass is 792 g/mol. The number of carbonyl (C=O) groups excluding carboxylic acids is 2. The Morgan fingerprint density at radius 1 is 1.13 bits per heavy atom. The normalized spacial score (nSPS) is 28.5. The fourth-order valence-electron chi connectivity index (χ4n) is 8.92. The van der Waals surface area contributed by atoms with E-state index in [0.29, 0.717) is 55.9 Å². The number of anilines is 1. The Hall–Kier alpha value is -3.68. The van der Waals surface area contributed by atoms with E-state index in [0.717, 1.165) is 55.1 Å². The Balaban J connectivity index is 1.27. The molecule has 1 spiro atoms. The van der Waals surface area contributed by atoms with Crippen molar-refractivity contribution in [1.82, 2.24) is 9.29 Å². The molecule has 1 aromatic heterocycles. The van der Waals surface area contributed by atoms with Crippen LogP contribution in [0.2, 0.25) is 5.02 Å². The van der Waals surface area contributed by atoms with E-state index in [4.69, 9.17) is 30.5 Å². The van der Waals surface area contributed by atoms with E-state index in [-0.39, 0.29) is 35.4 Å². The number of amides is 2. The first-order valence-corrected chi connectivity index (χ1v) is 21.4. The maximum absolute atomic E-state index is 14.8. The Morgan fingerprint density at radius 2 is 1.98 bits per heavy atom. The first-order valence-electron chi connectivity index (χ1n) is 19.3. The van der Waals surface area contributed by atoms with Gasteiger partial charge in [0.2, 0.25) is 0 Å². The number of hydrogen-bond acceptors (Lipinski definition) is 8. The van der Waals surface area contributed by atoms with Gasteiger partial charge in [0.1, 0.15) is 15.7 Å². The van der Waals surface area contributed by atoms with Crippen LogP contribution in [0.25, 0.3) is 0 Å². The van der Waals surface area contributed by atoms with Crippen LogP contribution < -0.4 is 14.4 Å². The minimum Gasteiger partial charge on any atom is -0.490 e. The van der Waals surface area contributed by atoms with Gasteiger partial charge in [-0.3, -0.25) is 14.3 Å². The Labute approximate surface area is 330 Å². The van der Waals surface area contributed by atoms with Gasteiger partial charge in [-0.25, -0.2) is 4.21 Å². The molecule has 3 heterocycles. The van der Waals surface area contributed by atoms with Crippen LogP contribution in [0.1, 0.15) is 76.6 Å². The maximum atomic E-state index is 14.8. The lowest BCUT2D eigenvalue weighted by Crippen LogP contribution is -2.49. The van der Waals surface area contributed by atoms with Crippen LogP contribution in [0.4, 0.5) is 5.69 Å². The Morgan fingerprint density at radius 3 is 2.75 bits per heavy atom. The number of halogens is 1. The standard InChI is InChI=1S/C42H53ClN4O7S/c1-28-7-5-9-38(53-4)35-13-10-31(35)22-47-26-42(16-6-8-29-19-33(43)12-14-36(29)42)27-54-39-15-11-30(21-37(39)47)40(48)44-55(50,25-28)45-41(49)32-20-34(24-52-3)46(23-32)17-18-51-2/h5,9,11-12,14-15,19-21,23,28,31,35,38H,6-8,10,13,16-18,22,24-27H2,1-4H3,(H,44,45,48,49,50)/b9-5-/t28-,31-,35+,38-,42-,55?/m0/s1. The van der Waals surface area contributed by atoms with E-state index >= 15 is 0 Å². The third kappa shape index (κ3) is 8.54. The molecule has 11 nitrogen and oxygen atoms in total. The minimum absolute atomic E-state index is 0.0139. The van der Waals surface area contributed by atoms with Crippen molar-refractivity contribution < 1.29 is 32.7 Å². The largest absolute Gasteiger partial charge is 0.490 e. The summed E-state index contributed by atoms with van der Waals surface area (Å²) in [5.41, 5.74) is 4.42. The summed E-state index contributed by atoms with van der Waals surface area (Å²) in [7, 11) is 1.38. The van der Waals surface area contributed by atoms with E-state index in [2.05, 4.69) is 38.3 Å². The molecule has 2 amide bonds. The van der Waals surface area contributed by atoms with Crippen molar-refractivity contribution in [1.29, 1.82) is 0 Å². The molecule has 55 heavy (non-hydrogen) atoms. The average Bonchev–Trinajstić information content (AvgIpc) is 3.48. The van der Waals surface area contributed by atoms with Crippen LogP contribution in [0.3, 0.4) is 0 Å². The second kappa shape index (κ2) is 16.8. The van der Waals surface area contributed by atoms with Crippen LogP contribution in [0.15, 0.2) is 65.2 Å². The molecular weight excluding hydrogens is 740 g/mol. The molecule has 2 aromatic carbocycles. The van der Waals surface area contributed by atoms with E-state index in [9.17, 15) is 13.8 Å². The van der Waals surface area contributed by atoms with Gasteiger partial charge < -0.3 is 28.4 Å². The van der Waals surface area contributed by atoms with Crippen molar-refractivity contribution in [2.75, 3.05) is 58.3 Å². The van der Waals surface area contributed by atoms with Crippen LogP contribution in [0.5, 0.6) is 5.75 Å². The van der Waals surface area contributed by atoms with Crippen molar-refractivity contribution in [2.24, 2.45) is 22.1 Å². The second-order valence-corrected chi connectivity index (χ2v) is 18.2. The van der Waals surface area contributed by atoms with Gasteiger partial charge in [0, 0.05) is 68.9 Å². The number of allylic oxidation sites excluding steroid dienone is 1. The van der Waals surface area contributed by atoms with Gasteiger partial charge in [0.05, 0.1) is 42.9 Å². The van der Waals surface area contributed by atoms with Crippen molar-refractivity contribution in [3.8, 4) is 5.75 Å². The third-order valence-corrected chi connectivity index (χ3v) is 14.1. The summed E-state index contributed by atoms with van der Waals surface area (Å²) in [6.07, 6.45) is 11.5. The smallest absolute Gasteiger partial charge is 0.286 e. The first-order chi connectivity index (χ1) is 26.5. The molecular formula is C42H53ClN4O7S. The highest BCUT2D eigenvalue weighted by Gasteiger charge is 2.44. The number of methoxy groups -OCH3 is 3. The average molecular weight is 793 g/mol. The van der Waals surface area contributed by atoms with E-state index in [1.54, 1.807) is 39.7 Å². The predicted molar refractivity (Wildman–Crippen MR) is 214 cm³/mol. The number of aryl methyl sites for hydroxylation is 1. The molecule has 4 aliphatic rings. The third-order valence-electron chi connectivity index (χ3n) is 11.8. The summed E-state index contributed by atoms with van der Waals surface area (Å²) in [4.78, 5) is 30.3. The lowest BCUT2D eigenvalue weighted by molar-refractivity contribution is 0.0131. The summed E-state index contributed by atoms with van der Waals surface area (Å²) in [5, 5.41) is 0.736. The zero-order valence-corrected chi connectivity index (χ0v) is 33.8. The summed E-state index contributed by atoms with van der Waals surface area (Å²) >= 11 is 6.47. The molecule has 2 aliphatic heterocycles. The molecule has 1 N–H and O–H groups in total. The minimum atomic E-state index is -3.58. The molecule has 1 fully saturated rings. The van der Waals surface area contributed by atoms with Crippen LogP contribution in [-0.4, -0.2) is 80.1 Å². The number of aromatic nitrogens is 1. The molecule has 3 aromatic rings. The Kier molecular flexibility index (Phi) is 12.1. The lowest BCUT2D eigenvalue weighted by atomic mass is 9.68. The SMILES string of the molecule is COCCn1cc(C(=O)NS2(=O)=NC(=O)c3ccc4c(c3)N(C[C@@H]3CC[C@H]3[C@@H](OC)/C=C\C[C@H](C)C2)C[C@@]2(CCCc3cc(Cl)ccc32)CO4)cc1COC. The highest BCUT2D eigenvalue weighted by molar-refractivity contribution is 7.92. The number of nitrogens with one attached hydrogen (secondary N) is 1. The second-order valence-electron chi connectivity index (χ2n) is 15.7. The molecule has 1 unspecified atom stereocenters. The highest BCUT2D eigenvalue weighted by Crippen LogP contribution is 2.47. The molecule has 0 saturated heterocycles. The van der Waals surface area contributed by atoms with E-state index in [1.165, 1.54) is 11.1 Å². The molecule has 1 saturated carbocycles. The molecule has 2 bridgehead atoms. The number of benzene rings is 2. The van der Waals surface area contributed by atoms with Gasteiger partial charge in [-0.1, -0.05) is 36.7 Å². The van der Waals surface area contributed by atoms with E-state index in [1.807, 2.05) is 29.7 Å². The summed E-state index contributed by atoms with van der Waals surface area (Å²) in [5.74, 6) is -0.0150. The van der Waals surface area contributed by atoms with Gasteiger partial charge in [-0.2, -0.15) is 0 Å². The number of fused-ring (bicyclic) bond motifs is 4. The van der Waals surface area contributed by atoms with Gasteiger partial charge in [0.25, 0.3) is 11.8 Å². The Bertz CT molecular complexity index is 2060. The first kappa shape index (κ1) is 39.6. The zero-order valence-electron chi connectivity index (χ0n) is 32.3. The van der Waals surface area contributed by atoms with Gasteiger partial charge in [0.15, 0.2) is 0 Å². The summed E-state index contributed by atoms with van der Waals surface area (Å²) in [6.45, 7) is 5.16. The number of ether oxygens (including phenoxy) is 4. The number of carbonyl (C=O) groups is 2. The maximum Gasteiger partial charge on any atom is 0.286 e. The molecule has 0 radical (unpaired) electrons. The van der Waals surface area contributed by atoms with Crippen molar-refractivity contribution in [2.45, 2.75) is 70.1 Å². The lowest BCUT2D eigenvalue weighted by Gasteiger charge is -2.46. The fraction of sp³-hybridized carbons (Fsp3) is 0.524. The summed E-state index contributed by atoms with van der Waals surface area (Å²) in [6, 6.07) is 13.3. The van der Waals surface area contributed by atoms with Crippen LogP contribution in [0, 0.1) is 17.8 Å². The molecule has 7 rings (SSSR count). The number of rotatable bonds is 8. The topological polar surface area (TPSA) is 121 Å².